The molecule has 0 radical (unpaired) electrons. The van der Waals surface area contributed by atoms with Gasteiger partial charge in [-0.05, 0) is 42.5 Å². The number of para-hydroxylation sites is 1. The molecule has 148 valence electrons. The second-order valence-electron chi connectivity index (χ2n) is 6.12. The predicted molar refractivity (Wildman–Crippen MR) is 110 cm³/mol. The Bertz CT molecular complexity index is 986. The maximum Gasteiger partial charge on any atom is 0.337 e. The Labute approximate surface area is 168 Å². The lowest BCUT2D eigenvalue weighted by molar-refractivity contribution is 0.0600. The molecule has 0 unspecified atom stereocenters. The van der Waals surface area contributed by atoms with Crippen molar-refractivity contribution in [3.63, 3.8) is 0 Å². The van der Waals surface area contributed by atoms with Crippen molar-refractivity contribution < 1.29 is 19.1 Å². The van der Waals surface area contributed by atoms with Gasteiger partial charge in [0.15, 0.2) is 0 Å². The van der Waals surface area contributed by atoms with Crippen molar-refractivity contribution >= 4 is 23.4 Å². The Morgan fingerprint density at radius 1 is 0.931 bits per heavy atom. The summed E-state index contributed by atoms with van der Waals surface area (Å²) in [5.41, 5.74) is 2.41. The number of pyridine rings is 1. The Kier molecular flexibility index (Phi) is 6.42. The summed E-state index contributed by atoms with van der Waals surface area (Å²) < 4.78 is 9.98. The number of amides is 1. The average Bonchev–Trinajstić information content (AvgIpc) is 2.78. The number of ether oxygens (including phenoxy) is 2. The second kappa shape index (κ2) is 9.36. The maximum absolute atomic E-state index is 12.4. The number of nitrogens with zero attached hydrogens (tertiary/aromatic N) is 1. The molecule has 0 aliphatic carbocycles. The summed E-state index contributed by atoms with van der Waals surface area (Å²) in [7, 11) is 2.95. The topological polar surface area (TPSA) is 89.5 Å². The van der Waals surface area contributed by atoms with E-state index in [-0.39, 0.29) is 5.91 Å². The summed E-state index contributed by atoms with van der Waals surface area (Å²) in [6, 6.07) is 17.6. The summed E-state index contributed by atoms with van der Waals surface area (Å²) in [4.78, 5) is 28.1. The van der Waals surface area contributed by atoms with Gasteiger partial charge in [0.1, 0.15) is 11.6 Å². The van der Waals surface area contributed by atoms with Crippen LogP contribution in [0.15, 0.2) is 66.9 Å². The van der Waals surface area contributed by atoms with Gasteiger partial charge in [0.05, 0.1) is 25.3 Å². The zero-order valence-corrected chi connectivity index (χ0v) is 16.1. The van der Waals surface area contributed by atoms with Crippen LogP contribution in [0, 0.1) is 0 Å². The third-order valence-electron chi connectivity index (χ3n) is 4.24. The first-order valence-electron chi connectivity index (χ1n) is 8.92. The number of benzene rings is 2. The van der Waals surface area contributed by atoms with Gasteiger partial charge < -0.3 is 20.1 Å². The van der Waals surface area contributed by atoms with Crippen molar-refractivity contribution in [3.8, 4) is 5.75 Å². The number of hydrogen-bond donors (Lipinski definition) is 2. The van der Waals surface area contributed by atoms with Crippen LogP contribution in [-0.4, -0.2) is 31.1 Å². The van der Waals surface area contributed by atoms with E-state index in [9.17, 15) is 9.59 Å². The summed E-state index contributed by atoms with van der Waals surface area (Å²) in [5, 5.41) is 5.97. The Morgan fingerprint density at radius 3 is 2.31 bits per heavy atom. The van der Waals surface area contributed by atoms with Crippen LogP contribution in [-0.2, 0) is 11.3 Å². The van der Waals surface area contributed by atoms with E-state index in [1.807, 2.05) is 24.3 Å². The summed E-state index contributed by atoms with van der Waals surface area (Å²) in [6.45, 7) is 0.551. The number of nitrogens with one attached hydrogen (secondary N) is 2. The van der Waals surface area contributed by atoms with Gasteiger partial charge in [-0.15, -0.1) is 0 Å². The van der Waals surface area contributed by atoms with Gasteiger partial charge in [-0.3, -0.25) is 4.79 Å². The minimum absolute atomic E-state index is 0.292. The van der Waals surface area contributed by atoms with Gasteiger partial charge in [-0.25, -0.2) is 9.78 Å². The van der Waals surface area contributed by atoms with Gasteiger partial charge in [0.2, 0.25) is 0 Å². The van der Waals surface area contributed by atoms with Gasteiger partial charge in [0.25, 0.3) is 5.91 Å². The number of carbonyl (C=O) groups is 2. The Morgan fingerprint density at radius 2 is 1.66 bits per heavy atom. The number of aromatic nitrogens is 1. The van der Waals surface area contributed by atoms with E-state index in [2.05, 4.69) is 20.4 Å². The molecule has 3 rings (SSSR count). The van der Waals surface area contributed by atoms with Gasteiger partial charge in [0, 0.05) is 24.0 Å². The summed E-state index contributed by atoms with van der Waals surface area (Å²) in [5.74, 6) is 0.729. The van der Waals surface area contributed by atoms with E-state index in [4.69, 9.17) is 4.74 Å². The molecule has 3 aromatic rings. The van der Waals surface area contributed by atoms with Crippen molar-refractivity contribution in [2.75, 3.05) is 24.9 Å². The molecule has 0 aliphatic rings. The molecule has 0 fully saturated rings. The molecule has 0 saturated heterocycles. The van der Waals surface area contributed by atoms with Crippen molar-refractivity contribution in [2.24, 2.45) is 0 Å². The number of esters is 1. The molecule has 0 atom stereocenters. The predicted octanol–water partition coefficient (Wildman–Crippen LogP) is 3.74. The summed E-state index contributed by atoms with van der Waals surface area (Å²) in [6.07, 6.45) is 1.50. The number of hydrogen-bond acceptors (Lipinski definition) is 6. The van der Waals surface area contributed by atoms with Crippen molar-refractivity contribution in [1.82, 2.24) is 4.98 Å². The zero-order valence-electron chi connectivity index (χ0n) is 16.1. The highest BCUT2D eigenvalue weighted by Crippen LogP contribution is 2.18. The Hall–Kier alpha value is -3.87. The highest BCUT2D eigenvalue weighted by atomic mass is 16.5. The average molecular weight is 391 g/mol. The smallest absolute Gasteiger partial charge is 0.337 e. The van der Waals surface area contributed by atoms with Crippen molar-refractivity contribution in [1.29, 1.82) is 0 Å². The molecule has 29 heavy (non-hydrogen) atoms. The van der Waals surface area contributed by atoms with Crippen LogP contribution in [0.1, 0.15) is 26.3 Å². The molecular formula is C22H21N3O4. The number of rotatable bonds is 7. The molecule has 1 heterocycles. The molecule has 2 aromatic carbocycles. The van der Waals surface area contributed by atoms with Crippen LogP contribution in [0.25, 0.3) is 0 Å². The molecule has 7 nitrogen and oxygen atoms in total. The normalized spacial score (nSPS) is 10.1. The fourth-order valence-corrected chi connectivity index (χ4v) is 2.68. The van der Waals surface area contributed by atoms with E-state index in [1.165, 1.54) is 13.3 Å². The third-order valence-corrected chi connectivity index (χ3v) is 4.24. The zero-order chi connectivity index (χ0) is 20.6. The Balaban J connectivity index is 1.59. The minimum atomic E-state index is -0.428. The first-order chi connectivity index (χ1) is 14.1. The maximum atomic E-state index is 12.4. The molecule has 0 aliphatic heterocycles. The molecule has 0 bridgehead atoms. The molecule has 1 amide bonds. The van der Waals surface area contributed by atoms with Crippen LogP contribution >= 0.6 is 0 Å². The lowest BCUT2D eigenvalue weighted by Crippen LogP contribution is -2.13. The lowest BCUT2D eigenvalue weighted by atomic mass is 10.2. The quantitative estimate of drug-likeness (QED) is 0.597. The standard InChI is InChI=1S/C22H21N3O4/c1-28-19-6-4-3-5-16(19)13-23-20-12-9-17(14-24-20)21(26)25-18-10-7-15(8-11-18)22(27)29-2/h3-12,14H,13H2,1-2H3,(H,23,24)(H,25,26). The number of methoxy groups -OCH3 is 2. The van der Waals surface area contributed by atoms with Crippen molar-refractivity contribution in [2.45, 2.75) is 6.54 Å². The second-order valence-corrected chi connectivity index (χ2v) is 6.12. The van der Waals surface area contributed by atoms with Crippen LogP contribution < -0.4 is 15.4 Å². The fourth-order valence-electron chi connectivity index (χ4n) is 2.68. The third kappa shape index (κ3) is 5.10. The van der Waals surface area contributed by atoms with Crippen LogP contribution in [0.5, 0.6) is 5.75 Å². The highest BCUT2D eigenvalue weighted by molar-refractivity contribution is 6.04. The highest BCUT2D eigenvalue weighted by Gasteiger charge is 2.09. The first-order valence-corrected chi connectivity index (χ1v) is 8.92. The van der Waals surface area contributed by atoms with E-state index < -0.39 is 5.97 Å². The lowest BCUT2D eigenvalue weighted by Gasteiger charge is -2.10. The molecule has 2 N–H and O–H groups in total. The largest absolute Gasteiger partial charge is 0.496 e. The SMILES string of the molecule is COC(=O)c1ccc(NC(=O)c2ccc(NCc3ccccc3OC)nc2)cc1. The van der Waals surface area contributed by atoms with Crippen molar-refractivity contribution in [3.05, 3.63) is 83.6 Å². The summed E-state index contributed by atoms with van der Waals surface area (Å²) >= 11 is 0. The van der Waals surface area contributed by atoms with E-state index in [1.54, 1.807) is 43.5 Å². The number of carbonyl (C=O) groups excluding carboxylic acids is 2. The van der Waals surface area contributed by atoms with Gasteiger partial charge >= 0.3 is 5.97 Å². The fraction of sp³-hybridized carbons (Fsp3) is 0.136. The molecular weight excluding hydrogens is 370 g/mol. The molecule has 0 saturated carbocycles. The van der Waals surface area contributed by atoms with Gasteiger partial charge in [-0.1, -0.05) is 18.2 Å². The van der Waals surface area contributed by atoms with Crippen LogP contribution in [0.2, 0.25) is 0 Å². The van der Waals surface area contributed by atoms with E-state index in [0.29, 0.717) is 29.2 Å². The van der Waals surface area contributed by atoms with E-state index >= 15 is 0 Å². The van der Waals surface area contributed by atoms with Crippen LogP contribution in [0.3, 0.4) is 0 Å². The van der Waals surface area contributed by atoms with Gasteiger partial charge in [-0.2, -0.15) is 0 Å². The first kappa shape index (κ1) is 19.9. The molecule has 7 heteroatoms. The monoisotopic (exact) mass is 391 g/mol. The molecule has 1 aromatic heterocycles. The number of anilines is 2. The van der Waals surface area contributed by atoms with E-state index in [0.717, 1.165) is 11.3 Å². The van der Waals surface area contributed by atoms with Crippen LogP contribution in [0.4, 0.5) is 11.5 Å². The molecule has 0 spiro atoms. The minimum Gasteiger partial charge on any atom is -0.496 e.